The van der Waals surface area contributed by atoms with E-state index in [1.54, 1.807) is 0 Å². The van der Waals surface area contributed by atoms with E-state index in [9.17, 15) is 18.0 Å². The first kappa shape index (κ1) is 14.7. The van der Waals surface area contributed by atoms with Crippen molar-refractivity contribution in [3.8, 4) is 5.75 Å². The molecular weight excluding hydrogens is 285 g/mol. The fourth-order valence-electron chi connectivity index (χ4n) is 1.68. The second-order valence-electron chi connectivity index (χ2n) is 4.13. The highest BCUT2D eigenvalue weighted by Crippen LogP contribution is 2.26. The van der Waals surface area contributed by atoms with Crippen LogP contribution in [0.1, 0.15) is 10.4 Å². The third-order valence-corrected chi connectivity index (χ3v) is 2.79. The van der Waals surface area contributed by atoms with Gasteiger partial charge in [0.2, 0.25) is 0 Å². The maximum Gasteiger partial charge on any atom is 0.258 e. The van der Waals surface area contributed by atoms with Gasteiger partial charge in [-0.3, -0.25) is 4.79 Å². The van der Waals surface area contributed by atoms with E-state index < -0.39 is 29.0 Å². The summed E-state index contributed by atoms with van der Waals surface area (Å²) in [5, 5.41) is 2.05. The summed E-state index contributed by atoms with van der Waals surface area (Å²) in [5.41, 5.74) is 4.41. The Labute approximate surface area is 118 Å². The number of nitrogens with two attached hydrogens (primary N) is 1. The van der Waals surface area contributed by atoms with E-state index in [2.05, 4.69) is 5.32 Å². The number of hydrogen-bond acceptors (Lipinski definition) is 3. The van der Waals surface area contributed by atoms with Crippen molar-refractivity contribution in [2.45, 2.75) is 0 Å². The monoisotopic (exact) mass is 296 g/mol. The Morgan fingerprint density at radius 2 is 1.86 bits per heavy atom. The van der Waals surface area contributed by atoms with Gasteiger partial charge in [0.15, 0.2) is 11.6 Å². The first-order valence-electron chi connectivity index (χ1n) is 5.82. The van der Waals surface area contributed by atoms with Crippen LogP contribution in [0.25, 0.3) is 0 Å². The lowest BCUT2D eigenvalue weighted by Crippen LogP contribution is -2.16. The number of methoxy groups -OCH3 is 1. The topological polar surface area (TPSA) is 64.3 Å². The third-order valence-electron chi connectivity index (χ3n) is 2.79. The number of benzene rings is 2. The van der Waals surface area contributed by atoms with Gasteiger partial charge >= 0.3 is 0 Å². The van der Waals surface area contributed by atoms with Gasteiger partial charge in [-0.15, -0.1) is 0 Å². The SMILES string of the molecule is COc1ccc(C(=O)Nc2c(N)ccc(F)c2F)c(F)c1. The van der Waals surface area contributed by atoms with E-state index in [4.69, 9.17) is 10.5 Å². The van der Waals surface area contributed by atoms with Crippen LogP contribution in [0.5, 0.6) is 5.75 Å². The van der Waals surface area contributed by atoms with Crippen molar-refractivity contribution in [3.05, 3.63) is 53.3 Å². The standard InChI is InChI=1S/C14H11F3N2O2/c1-21-7-2-3-8(10(16)6-7)14(20)19-13-11(18)5-4-9(15)12(13)17/h2-6H,18H2,1H3,(H,19,20). The van der Waals surface area contributed by atoms with Gasteiger partial charge < -0.3 is 15.8 Å². The van der Waals surface area contributed by atoms with E-state index in [-0.39, 0.29) is 17.0 Å². The molecule has 7 heteroatoms. The lowest BCUT2D eigenvalue weighted by atomic mass is 10.1. The molecular formula is C14H11F3N2O2. The Bertz CT molecular complexity index is 705. The first-order chi connectivity index (χ1) is 9.93. The summed E-state index contributed by atoms with van der Waals surface area (Å²) in [5.74, 6) is -4.07. The molecule has 1 amide bonds. The molecule has 3 N–H and O–H groups in total. The summed E-state index contributed by atoms with van der Waals surface area (Å²) in [7, 11) is 1.34. The van der Waals surface area contributed by atoms with Crippen molar-refractivity contribution in [2.75, 3.05) is 18.2 Å². The molecule has 0 atom stereocenters. The Hall–Kier alpha value is -2.70. The van der Waals surface area contributed by atoms with Gasteiger partial charge in [-0.25, -0.2) is 13.2 Å². The van der Waals surface area contributed by atoms with Crippen LogP contribution in [-0.2, 0) is 0 Å². The first-order valence-corrected chi connectivity index (χ1v) is 5.82. The molecule has 2 rings (SSSR count). The number of carbonyl (C=O) groups is 1. The number of amides is 1. The predicted molar refractivity (Wildman–Crippen MR) is 71.7 cm³/mol. The third kappa shape index (κ3) is 2.91. The molecule has 0 aliphatic rings. The number of hydrogen-bond donors (Lipinski definition) is 2. The summed E-state index contributed by atoms with van der Waals surface area (Å²) >= 11 is 0. The lowest BCUT2D eigenvalue weighted by Gasteiger charge is -2.10. The largest absolute Gasteiger partial charge is 0.497 e. The van der Waals surface area contributed by atoms with Gasteiger partial charge in [-0.2, -0.15) is 0 Å². The molecule has 0 spiro atoms. The molecule has 0 saturated heterocycles. The van der Waals surface area contributed by atoms with Gasteiger partial charge in [-0.05, 0) is 24.3 Å². The Balaban J connectivity index is 2.33. The average Bonchev–Trinajstić information content (AvgIpc) is 2.47. The van der Waals surface area contributed by atoms with Gasteiger partial charge in [0.25, 0.3) is 5.91 Å². The maximum atomic E-state index is 13.7. The van der Waals surface area contributed by atoms with Crippen molar-refractivity contribution >= 4 is 17.3 Å². The van der Waals surface area contributed by atoms with Crippen molar-refractivity contribution in [2.24, 2.45) is 0 Å². The van der Waals surface area contributed by atoms with Gasteiger partial charge in [0, 0.05) is 6.07 Å². The number of halogens is 3. The van der Waals surface area contributed by atoms with E-state index in [1.807, 2.05) is 0 Å². The number of nitrogen functional groups attached to an aromatic ring is 1. The number of anilines is 2. The zero-order valence-corrected chi connectivity index (χ0v) is 10.9. The number of rotatable bonds is 3. The molecule has 21 heavy (non-hydrogen) atoms. The minimum absolute atomic E-state index is 0.170. The highest BCUT2D eigenvalue weighted by molar-refractivity contribution is 6.06. The molecule has 2 aromatic carbocycles. The quantitative estimate of drug-likeness (QED) is 0.856. The predicted octanol–water partition coefficient (Wildman–Crippen LogP) is 2.95. The Morgan fingerprint density at radius 1 is 1.14 bits per heavy atom. The van der Waals surface area contributed by atoms with Crippen LogP contribution < -0.4 is 15.8 Å². The smallest absolute Gasteiger partial charge is 0.258 e. The summed E-state index contributed by atoms with van der Waals surface area (Å²) in [6.45, 7) is 0. The second kappa shape index (κ2) is 5.74. The van der Waals surface area contributed by atoms with E-state index >= 15 is 0 Å². The molecule has 0 unspecified atom stereocenters. The van der Waals surface area contributed by atoms with E-state index in [0.29, 0.717) is 0 Å². The highest BCUT2D eigenvalue weighted by Gasteiger charge is 2.18. The molecule has 0 aromatic heterocycles. The normalized spacial score (nSPS) is 10.3. The molecule has 0 heterocycles. The minimum Gasteiger partial charge on any atom is -0.497 e. The molecule has 2 aromatic rings. The molecule has 110 valence electrons. The zero-order chi connectivity index (χ0) is 15.6. The summed E-state index contributed by atoms with van der Waals surface area (Å²) in [6.07, 6.45) is 0. The van der Waals surface area contributed by atoms with Crippen LogP contribution in [0, 0.1) is 17.5 Å². The molecule has 0 fully saturated rings. The summed E-state index contributed by atoms with van der Waals surface area (Å²) in [4.78, 5) is 11.9. The minimum atomic E-state index is -1.31. The van der Waals surface area contributed by atoms with Gasteiger partial charge in [-0.1, -0.05) is 0 Å². The number of nitrogens with one attached hydrogen (secondary N) is 1. The van der Waals surface area contributed by atoms with Crippen molar-refractivity contribution < 1.29 is 22.7 Å². The fourth-order valence-corrected chi connectivity index (χ4v) is 1.68. The maximum absolute atomic E-state index is 13.7. The van der Waals surface area contributed by atoms with Crippen LogP contribution in [0.4, 0.5) is 24.5 Å². The van der Waals surface area contributed by atoms with Crippen LogP contribution in [0.3, 0.4) is 0 Å². The van der Waals surface area contributed by atoms with Gasteiger partial charge in [0.05, 0.1) is 18.4 Å². The molecule has 0 bridgehead atoms. The van der Waals surface area contributed by atoms with E-state index in [0.717, 1.165) is 24.3 Å². The van der Waals surface area contributed by atoms with Crippen LogP contribution in [0.15, 0.2) is 30.3 Å². The van der Waals surface area contributed by atoms with Crippen molar-refractivity contribution in [1.82, 2.24) is 0 Å². The molecule has 0 radical (unpaired) electrons. The Morgan fingerprint density at radius 3 is 2.48 bits per heavy atom. The van der Waals surface area contributed by atoms with Crippen LogP contribution in [0.2, 0.25) is 0 Å². The summed E-state index contributed by atoms with van der Waals surface area (Å²) in [6, 6.07) is 5.45. The zero-order valence-electron chi connectivity index (χ0n) is 10.9. The fraction of sp³-hybridized carbons (Fsp3) is 0.0714. The second-order valence-corrected chi connectivity index (χ2v) is 4.13. The Kier molecular flexibility index (Phi) is 4.02. The molecule has 0 saturated carbocycles. The lowest BCUT2D eigenvalue weighted by molar-refractivity contribution is 0.102. The van der Waals surface area contributed by atoms with Crippen LogP contribution >= 0.6 is 0 Å². The van der Waals surface area contributed by atoms with Crippen molar-refractivity contribution in [1.29, 1.82) is 0 Å². The van der Waals surface area contributed by atoms with Crippen LogP contribution in [-0.4, -0.2) is 13.0 Å². The number of ether oxygens (including phenoxy) is 1. The molecule has 0 aliphatic carbocycles. The average molecular weight is 296 g/mol. The van der Waals surface area contributed by atoms with Crippen molar-refractivity contribution in [3.63, 3.8) is 0 Å². The highest BCUT2D eigenvalue weighted by atomic mass is 19.2. The number of carbonyl (C=O) groups excluding carboxylic acids is 1. The molecule has 4 nitrogen and oxygen atoms in total. The summed E-state index contributed by atoms with van der Waals surface area (Å²) < 4.78 is 45.2. The van der Waals surface area contributed by atoms with Gasteiger partial charge in [0.1, 0.15) is 17.3 Å². The van der Waals surface area contributed by atoms with E-state index in [1.165, 1.54) is 13.2 Å². The molecule has 0 aliphatic heterocycles.